The Hall–Kier alpha value is -1.18. The Morgan fingerprint density at radius 3 is 2.38 bits per heavy atom. The van der Waals surface area contributed by atoms with E-state index in [1.165, 1.54) is 0 Å². The normalized spacial score (nSPS) is 26.4. The van der Waals surface area contributed by atoms with Crippen molar-refractivity contribution in [3.8, 4) is 0 Å². The largest absolute Gasteiger partial charge is 0.292 e. The van der Waals surface area contributed by atoms with E-state index < -0.39 is 0 Å². The van der Waals surface area contributed by atoms with Crippen LogP contribution in [0.4, 0.5) is 0 Å². The van der Waals surface area contributed by atoms with Crippen molar-refractivity contribution in [3.63, 3.8) is 0 Å². The van der Waals surface area contributed by atoms with Crippen LogP contribution >= 0.6 is 0 Å². The first-order valence-corrected chi connectivity index (χ1v) is 4.35. The van der Waals surface area contributed by atoms with Gasteiger partial charge >= 0.3 is 0 Å². The second-order valence-corrected chi connectivity index (χ2v) is 3.94. The predicted molar refractivity (Wildman–Crippen MR) is 54.7 cm³/mol. The van der Waals surface area contributed by atoms with Crippen LogP contribution in [0.25, 0.3) is 0 Å². The summed E-state index contributed by atoms with van der Waals surface area (Å²) >= 11 is 0. The first kappa shape index (κ1) is 9.90. The maximum Gasteiger partial charge on any atom is 0.187 e. The lowest BCUT2D eigenvalue weighted by Crippen LogP contribution is -2.25. The number of Topliss-reactive ketones (excluding diaryl/α,β-unsaturated/α-hetero) is 1. The number of carbonyl (C=O) groups excluding carboxylic acids is 1. The lowest BCUT2D eigenvalue weighted by Gasteiger charge is -2.22. The van der Waals surface area contributed by atoms with Crippen LogP contribution in [-0.2, 0) is 4.79 Å². The van der Waals surface area contributed by atoms with Crippen LogP contribution in [-0.4, -0.2) is 12.5 Å². The van der Waals surface area contributed by atoms with Crippen LogP contribution in [0.5, 0.6) is 0 Å². The molecular formula is C11H15NO. The lowest BCUT2D eigenvalue weighted by molar-refractivity contribution is -0.123. The van der Waals surface area contributed by atoms with Crippen molar-refractivity contribution in [3.05, 3.63) is 23.9 Å². The fraction of sp³-hybridized carbons (Fsp3) is 0.455. The Morgan fingerprint density at radius 2 is 2.08 bits per heavy atom. The molecule has 0 bridgehead atoms. The first-order chi connectivity index (χ1) is 5.96. The molecule has 0 aromatic rings. The molecule has 1 aliphatic rings. The van der Waals surface area contributed by atoms with Gasteiger partial charge in [-0.25, -0.2) is 0 Å². The van der Waals surface area contributed by atoms with Gasteiger partial charge in [0.05, 0.1) is 0 Å². The van der Waals surface area contributed by atoms with Gasteiger partial charge in [0.2, 0.25) is 0 Å². The third-order valence-electron chi connectivity index (χ3n) is 3.00. The van der Waals surface area contributed by atoms with Crippen molar-refractivity contribution in [2.45, 2.75) is 20.8 Å². The van der Waals surface area contributed by atoms with Crippen molar-refractivity contribution in [1.82, 2.24) is 0 Å². The van der Waals surface area contributed by atoms with Gasteiger partial charge < -0.3 is 0 Å². The molecule has 0 spiro atoms. The topological polar surface area (TPSA) is 29.4 Å². The fourth-order valence-corrected chi connectivity index (χ4v) is 1.66. The SMILES string of the molecule is C=CC1=C(N=C)C(=O)C(C)(C)C1C. The summed E-state index contributed by atoms with van der Waals surface area (Å²) in [5.41, 5.74) is 1.05. The molecule has 0 radical (unpaired) electrons. The number of ketones is 1. The maximum absolute atomic E-state index is 11.8. The number of aliphatic imine (C=N–C) groups is 1. The minimum atomic E-state index is -0.361. The van der Waals surface area contributed by atoms with Crippen molar-refractivity contribution in [2.24, 2.45) is 16.3 Å². The molecule has 13 heavy (non-hydrogen) atoms. The van der Waals surface area contributed by atoms with Gasteiger partial charge in [-0.2, -0.15) is 0 Å². The molecule has 1 aliphatic carbocycles. The molecule has 0 saturated heterocycles. The van der Waals surface area contributed by atoms with Gasteiger partial charge in [0.1, 0.15) is 5.70 Å². The standard InChI is InChI=1S/C11H15NO/c1-6-8-7(2)11(3,4)10(13)9(8)12-5/h6-7H,1,5H2,2-4H3. The Balaban J connectivity index is 3.29. The molecule has 0 aromatic heterocycles. The van der Waals surface area contributed by atoms with Gasteiger partial charge in [-0.1, -0.05) is 33.4 Å². The van der Waals surface area contributed by atoms with Crippen molar-refractivity contribution < 1.29 is 4.79 Å². The summed E-state index contributed by atoms with van der Waals surface area (Å²) in [6, 6.07) is 0. The second kappa shape index (κ2) is 2.95. The number of carbonyl (C=O) groups is 1. The van der Waals surface area contributed by atoms with E-state index in [2.05, 4.69) is 18.3 Å². The van der Waals surface area contributed by atoms with Crippen LogP contribution in [0.15, 0.2) is 28.9 Å². The van der Waals surface area contributed by atoms with Gasteiger partial charge in [0.15, 0.2) is 5.78 Å². The number of hydrogen-bond acceptors (Lipinski definition) is 2. The van der Waals surface area contributed by atoms with E-state index in [1.54, 1.807) is 6.08 Å². The zero-order valence-corrected chi connectivity index (χ0v) is 8.42. The number of nitrogens with zero attached hydrogens (tertiary/aromatic N) is 1. The number of allylic oxidation sites excluding steroid dienone is 3. The number of hydrogen-bond donors (Lipinski definition) is 0. The van der Waals surface area contributed by atoms with Crippen molar-refractivity contribution in [1.29, 1.82) is 0 Å². The molecule has 1 rings (SSSR count). The summed E-state index contributed by atoms with van der Waals surface area (Å²) in [4.78, 5) is 15.6. The molecule has 70 valence electrons. The first-order valence-electron chi connectivity index (χ1n) is 4.35. The smallest absolute Gasteiger partial charge is 0.187 e. The van der Waals surface area contributed by atoms with Crippen LogP contribution in [0.3, 0.4) is 0 Å². The molecule has 0 N–H and O–H groups in total. The third-order valence-corrected chi connectivity index (χ3v) is 3.00. The monoisotopic (exact) mass is 177 g/mol. The van der Waals surface area contributed by atoms with Gasteiger partial charge in [-0.05, 0) is 18.2 Å². The van der Waals surface area contributed by atoms with Gasteiger partial charge in [-0.3, -0.25) is 9.79 Å². The van der Waals surface area contributed by atoms with E-state index in [0.29, 0.717) is 5.70 Å². The zero-order chi connectivity index (χ0) is 10.2. The summed E-state index contributed by atoms with van der Waals surface area (Å²) in [6.45, 7) is 13.0. The molecule has 1 unspecified atom stereocenters. The average Bonchev–Trinajstić information content (AvgIpc) is 2.26. The van der Waals surface area contributed by atoms with Crippen molar-refractivity contribution >= 4 is 12.5 Å². The van der Waals surface area contributed by atoms with Gasteiger partial charge in [0, 0.05) is 5.41 Å². The van der Waals surface area contributed by atoms with Gasteiger partial charge in [0.25, 0.3) is 0 Å². The van der Waals surface area contributed by atoms with E-state index in [0.717, 1.165) is 5.57 Å². The highest BCUT2D eigenvalue weighted by Gasteiger charge is 2.44. The Kier molecular flexibility index (Phi) is 2.24. The summed E-state index contributed by atoms with van der Waals surface area (Å²) in [5, 5.41) is 0. The highest BCUT2D eigenvalue weighted by Crippen LogP contribution is 2.43. The Morgan fingerprint density at radius 1 is 1.54 bits per heavy atom. The van der Waals surface area contributed by atoms with Crippen LogP contribution in [0, 0.1) is 11.3 Å². The van der Waals surface area contributed by atoms with E-state index in [9.17, 15) is 4.79 Å². The molecule has 2 heteroatoms. The van der Waals surface area contributed by atoms with Gasteiger partial charge in [-0.15, -0.1) is 0 Å². The van der Waals surface area contributed by atoms with E-state index >= 15 is 0 Å². The highest BCUT2D eigenvalue weighted by molar-refractivity contribution is 6.04. The highest BCUT2D eigenvalue weighted by atomic mass is 16.1. The summed E-state index contributed by atoms with van der Waals surface area (Å²) < 4.78 is 0. The predicted octanol–water partition coefficient (Wildman–Crippen LogP) is 2.37. The lowest BCUT2D eigenvalue weighted by atomic mass is 9.79. The summed E-state index contributed by atoms with van der Waals surface area (Å²) in [7, 11) is 0. The minimum Gasteiger partial charge on any atom is -0.292 e. The second-order valence-electron chi connectivity index (χ2n) is 3.94. The molecule has 0 aromatic carbocycles. The fourth-order valence-electron chi connectivity index (χ4n) is 1.66. The molecule has 2 nitrogen and oxygen atoms in total. The van der Waals surface area contributed by atoms with E-state index in [4.69, 9.17) is 0 Å². The maximum atomic E-state index is 11.8. The Bertz CT molecular complexity index is 310. The molecule has 0 fully saturated rings. The molecular weight excluding hydrogens is 162 g/mol. The van der Waals surface area contributed by atoms with Crippen molar-refractivity contribution in [2.75, 3.05) is 0 Å². The van der Waals surface area contributed by atoms with Crippen LogP contribution < -0.4 is 0 Å². The summed E-state index contributed by atoms with van der Waals surface area (Å²) in [6.07, 6.45) is 1.71. The van der Waals surface area contributed by atoms with E-state index in [1.807, 2.05) is 20.8 Å². The molecule has 0 amide bonds. The molecule has 0 aliphatic heterocycles. The molecule has 0 saturated carbocycles. The summed E-state index contributed by atoms with van der Waals surface area (Å²) in [5.74, 6) is 0.253. The van der Waals surface area contributed by atoms with Crippen LogP contribution in [0.1, 0.15) is 20.8 Å². The molecule has 1 atom stereocenters. The zero-order valence-electron chi connectivity index (χ0n) is 8.42. The van der Waals surface area contributed by atoms with Crippen LogP contribution in [0.2, 0.25) is 0 Å². The minimum absolute atomic E-state index is 0.0740. The van der Waals surface area contributed by atoms with E-state index in [-0.39, 0.29) is 17.1 Å². The number of rotatable bonds is 2. The molecule has 0 heterocycles. The average molecular weight is 177 g/mol. The quantitative estimate of drug-likeness (QED) is 0.595. The third kappa shape index (κ3) is 1.17. The Labute approximate surface area is 79.1 Å².